The number of rotatable bonds is 6. The number of nitro groups is 2. The van der Waals surface area contributed by atoms with Gasteiger partial charge in [-0.1, -0.05) is 60.7 Å². The third kappa shape index (κ3) is 3.91. The van der Waals surface area contributed by atoms with E-state index in [2.05, 4.69) is 4.98 Å². The molecule has 0 spiro atoms. The minimum atomic E-state index is -0.673. The van der Waals surface area contributed by atoms with Crippen LogP contribution < -0.4 is 0 Å². The molecule has 0 aliphatic heterocycles. The van der Waals surface area contributed by atoms with Crippen LogP contribution in [0.1, 0.15) is 0 Å². The fraction of sp³-hybridized carbons (Fsp3) is 0. The van der Waals surface area contributed by atoms with E-state index in [-0.39, 0.29) is 21.5 Å². The Morgan fingerprint density at radius 2 is 1.43 bits per heavy atom. The van der Waals surface area contributed by atoms with E-state index in [9.17, 15) is 20.2 Å². The summed E-state index contributed by atoms with van der Waals surface area (Å²) in [5.74, 6) is 0.536. The van der Waals surface area contributed by atoms with Gasteiger partial charge < -0.3 is 4.42 Å². The largest absolute Gasteiger partial charge is 0.430 e. The van der Waals surface area contributed by atoms with Gasteiger partial charge in [-0.3, -0.25) is 20.2 Å². The topological polar surface area (TPSA) is 112 Å². The highest BCUT2D eigenvalue weighted by Crippen LogP contribution is 2.41. The highest BCUT2D eigenvalue weighted by atomic mass is 32.2. The number of hydrogen-bond acceptors (Lipinski definition) is 7. The van der Waals surface area contributed by atoms with Crippen molar-refractivity contribution < 1.29 is 14.3 Å². The van der Waals surface area contributed by atoms with Crippen LogP contribution in [0.4, 0.5) is 11.4 Å². The van der Waals surface area contributed by atoms with Crippen molar-refractivity contribution in [2.45, 2.75) is 10.1 Å². The lowest BCUT2D eigenvalue weighted by atomic mass is 10.1. The molecule has 9 heteroatoms. The zero-order valence-electron chi connectivity index (χ0n) is 15.3. The van der Waals surface area contributed by atoms with Gasteiger partial charge in [0.25, 0.3) is 16.6 Å². The third-order valence-electron chi connectivity index (χ3n) is 4.24. The van der Waals surface area contributed by atoms with Crippen molar-refractivity contribution in [1.29, 1.82) is 0 Å². The predicted molar refractivity (Wildman–Crippen MR) is 111 cm³/mol. The molecule has 0 bridgehead atoms. The van der Waals surface area contributed by atoms with Gasteiger partial charge in [0.1, 0.15) is 5.69 Å². The van der Waals surface area contributed by atoms with E-state index in [1.165, 1.54) is 12.1 Å². The minimum absolute atomic E-state index is 0.199. The average Bonchev–Trinajstić information content (AvgIpc) is 3.19. The first-order chi connectivity index (χ1) is 14.5. The maximum absolute atomic E-state index is 11.4. The number of benzene rings is 3. The summed E-state index contributed by atoms with van der Waals surface area (Å²) < 4.78 is 5.97. The second kappa shape index (κ2) is 8.18. The highest BCUT2D eigenvalue weighted by molar-refractivity contribution is 7.99. The molecule has 0 aliphatic rings. The second-order valence-electron chi connectivity index (χ2n) is 6.16. The number of nitro benzene ring substituents is 2. The number of aromatic nitrogens is 1. The Labute approximate surface area is 174 Å². The Morgan fingerprint density at radius 1 is 0.800 bits per heavy atom. The molecule has 4 rings (SSSR count). The molecular weight excluding hydrogens is 406 g/mol. The summed E-state index contributed by atoms with van der Waals surface area (Å²) in [5, 5.41) is 22.6. The Bertz CT molecular complexity index is 1170. The standard InChI is InChI=1S/C21H13N3O5S/c25-23(26)16-11-12-18(17(13-16)24(27)28)30-21-22-19(14-7-3-1-4-8-14)20(29-21)15-9-5-2-6-10-15/h1-13H. The van der Waals surface area contributed by atoms with Gasteiger partial charge in [-0.05, 0) is 17.8 Å². The first kappa shape index (κ1) is 19.3. The van der Waals surface area contributed by atoms with Crippen LogP contribution in [0.5, 0.6) is 0 Å². The molecular formula is C21H13N3O5S. The normalized spacial score (nSPS) is 10.7. The van der Waals surface area contributed by atoms with Crippen LogP contribution in [-0.2, 0) is 0 Å². The molecule has 148 valence electrons. The first-order valence-corrected chi connectivity index (χ1v) is 9.57. The molecule has 0 amide bonds. The zero-order valence-corrected chi connectivity index (χ0v) is 16.1. The second-order valence-corrected chi connectivity index (χ2v) is 7.15. The fourth-order valence-electron chi connectivity index (χ4n) is 2.86. The van der Waals surface area contributed by atoms with Crippen molar-refractivity contribution >= 4 is 23.1 Å². The summed E-state index contributed by atoms with van der Waals surface area (Å²) in [7, 11) is 0. The first-order valence-electron chi connectivity index (χ1n) is 8.75. The Balaban J connectivity index is 1.79. The molecule has 0 atom stereocenters. The molecule has 0 N–H and O–H groups in total. The van der Waals surface area contributed by atoms with Crippen molar-refractivity contribution in [1.82, 2.24) is 4.98 Å². The summed E-state index contributed by atoms with van der Waals surface area (Å²) in [6.45, 7) is 0. The lowest BCUT2D eigenvalue weighted by Gasteiger charge is -2.01. The van der Waals surface area contributed by atoms with Crippen molar-refractivity contribution in [2.24, 2.45) is 0 Å². The van der Waals surface area contributed by atoms with Crippen molar-refractivity contribution in [3.63, 3.8) is 0 Å². The van der Waals surface area contributed by atoms with Gasteiger partial charge in [0, 0.05) is 17.2 Å². The van der Waals surface area contributed by atoms with Crippen LogP contribution in [0.25, 0.3) is 22.6 Å². The van der Waals surface area contributed by atoms with E-state index in [1.807, 2.05) is 60.7 Å². The number of hydrogen-bond donors (Lipinski definition) is 0. The maximum atomic E-state index is 11.4. The van der Waals surface area contributed by atoms with Gasteiger partial charge in [-0.25, -0.2) is 4.98 Å². The molecule has 0 aliphatic carbocycles. The van der Waals surface area contributed by atoms with E-state index in [1.54, 1.807) is 0 Å². The van der Waals surface area contributed by atoms with E-state index >= 15 is 0 Å². The van der Waals surface area contributed by atoms with Crippen molar-refractivity contribution in [3.05, 3.63) is 99.1 Å². The van der Waals surface area contributed by atoms with Gasteiger partial charge in [-0.15, -0.1) is 0 Å². The van der Waals surface area contributed by atoms with E-state index in [0.29, 0.717) is 11.5 Å². The van der Waals surface area contributed by atoms with Crippen LogP contribution in [0, 0.1) is 20.2 Å². The van der Waals surface area contributed by atoms with Gasteiger partial charge in [-0.2, -0.15) is 0 Å². The molecule has 3 aromatic carbocycles. The molecule has 1 heterocycles. The van der Waals surface area contributed by atoms with E-state index in [0.717, 1.165) is 29.0 Å². The highest BCUT2D eigenvalue weighted by Gasteiger charge is 2.23. The van der Waals surface area contributed by atoms with Crippen LogP contribution in [-0.4, -0.2) is 14.8 Å². The van der Waals surface area contributed by atoms with Gasteiger partial charge in [0.15, 0.2) is 5.76 Å². The van der Waals surface area contributed by atoms with Crippen LogP contribution in [0.2, 0.25) is 0 Å². The quantitative estimate of drug-likeness (QED) is 0.279. The van der Waals surface area contributed by atoms with Crippen LogP contribution in [0.15, 0.2) is 93.4 Å². The van der Waals surface area contributed by atoms with Gasteiger partial charge in [0.2, 0.25) is 0 Å². The maximum Gasteiger partial charge on any atom is 0.290 e. The lowest BCUT2D eigenvalue weighted by Crippen LogP contribution is -1.94. The third-order valence-corrected chi connectivity index (χ3v) is 5.15. The Kier molecular flexibility index (Phi) is 5.27. The summed E-state index contributed by atoms with van der Waals surface area (Å²) >= 11 is 0.945. The minimum Gasteiger partial charge on any atom is -0.430 e. The number of nitrogens with zero attached hydrogens (tertiary/aromatic N) is 3. The SMILES string of the molecule is O=[N+]([O-])c1ccc(Sc2nc(-c3ccccc3)c(-c3ccccc3)o2)c([N+](=O)[O-])c1. The average molecular weight is 419 g/mol. The predicted octanol–water partition coefficient (Wildman–Crippen LogP) is 5.98. The molecule has 8 nitrogen and oxygen atoms in total. The Hall–Kier alpha value is -3.98. The van der Waals surface area contributed by atoms with Crippen LogP contribution in [0.3, 0.4) is 0 Å². The van der Waals surface area contributed by atoms with Crippen LogP contribution >= 0.6 is 11.8 Å². The molecule has 4 aromatic rings. The number of non-ortho nitro benzene ring substituents is 1. The van der Waals surface area contributed by atoms with Crippen molar-refractivity contribution in [3.8, 4) is 22.6 Å². The fourth-order valence-corrected chi connectivity index (χ4v) is 3.69. The van der Waals surface area contributed by atoms with E-state index < -0.39 is 9.85 Å². The number of oxazole rings is 1. The summed E-state index contributed by atoms with van der Waals surface area (Å²) in [4.78, 5) is 25.8. The smallest absolute Gasteiger partial charge is 0.290 e. The molecule has 0 fully saturated rings. The molecule has 30 heavy (non-hydrogen) atoms. The van der Waals surface area contributed by atoms with Gasteiger partial charge >= 0.3 is 0 Å². The summed E-state index contributed by atoms with van der Waals surface area (Å²) in [6.07, 6.45) is 0. The lowest BCUT2D eigenvalue weighted by molar-refractivity contribution is -0.396. The van der Waals surface area contributed by atoms with Gasteiger partial charge in [0.05, 0.1) is 20.8 Å². The molecule has 0 saturated heterocycles. The van der Waals surface area contributed by atoms with Crippen molar-refractivity contribution in [2.75, 3.05) is 0 Å². The monoisotopic (exact) mass is 419 g/mol. The molecule has 0 unspecified atom stereocenters. The molecule has 0 radical (unpaired) electrons. The summed E-state index contributed by atoms with van der Waals surface area (Å²) in [5.41, 5.74) is 1.52. The zero-order chi connectivity index (χ0) is 21.1. The van der Waals surface area contributed by atoms with E-state index in [4.69, 9.17) is 4.42 Å². The molecule has 0 saturated carbocycles. The molecule has 1 aromatic heterocycles. The Morgan fingerprint density at radius 3 is 2.03 bits per heavy atom. The summed E-state index contributed by atoms with van der Waals surface area (Å²) in [6, 6.07) is 22.3.